The lowest BCUT2D eigenvalue weighted by atomic mass is 10.1. The number of nitrogens with zero attached hydrogens (tertiary/aromatic N) is 1. The molecule has 4 rings (SSSR count). The molecule has 0 unspecified atom stereocenters. The summed E-state index contributed by atoms with van der Waals surface area (Å²) >= 11 is 14.3. The van der Waals surface area contributed by atoms with Gasteiger partial charge >= 0.3 is 6.03 Å². The molecule has 37 heavy (non-hydrogen) atoms. The molecule has 0 atom stereocenters. The van der Waals surface area contributed by atoms with E-state index in [1.807, 2.05) is 6.92 Å². The Morgan fingerprint density at radius 2 is 1.78 bits per heavy atom. The standard InChI is InChI=1S/C27H21Cl2IN2O5/c1-3-36-23-12-16(11-21(30)24(23)37-14-17-8-9-18(28)13-20(17)29)10-19-25(33)31-27(35)32(26(19)34)22-7-5-4-6-15(22)2/h4-13H,3,14H2,1-2H3,(H,31,33,35)/b19-10+. The van der Waals surface area contributed by atoms with Crippen molar-refractivity contribution in [1.82, 2.24) is 5.32 Å². The molecule has 1 heterocycles. The van der Waals surface area contributed by atoms with Crippen molar-refractivity contribution in [3.05, 3.63) is 90.5 Å². The maximum Gasteiger partial charge on any atom is 0.335 e. The zero-order chi connectivity index (χ0) is 26.7. The van der Waals surface area contributed by atoms with Gasteiger partial charge in [-0.1, -0.05) is 47.5 Å². The minimum atomic E-state index is -0.796. The molecule has 0 aromatic heterocycles. The van der Waals surface area contributed by atoms with E-state index in [1.165, 1.54) is 6.08 Å². The molecule has 1 aliphatic rings. The number of rotatable bonds is 7. The topological polar surface area (TPSA) is 84.9 Å². The van der Waals surface area contributed by atoms with E-state index in [-0.39, 0.29) is 12.2 Å². The average molecular weight is 651 g/mol. The predicted molar refractivity (Wildman–Crippen MR) is 151 cm³/mol. The molecule has 1 aliphatic heterocycles. The lowest BCUT2D eigenvalue weighted by Crippen LogP contribution is -2.54. The van der Waals surface area contributed by atoms with Crippen molar-refractivity contribution in [3.8, 4) is 11.5 Å². The Bertz CT molecular complexity index is 1440. The van der Waals surface area contributed by atoms with Gasteiger partial charge in [0, 0.05) is 15.6 Å². The summed E-state index contributed by atoms with van der Waals surface area (Å²) in [6.07, 6.45) is 1.43. The summed E-state index contributed by atoms with van der Waals surface area (Å²) in [7, 11) is 0. The summed E-state index contributed by atoms with van der Waals surface area (Å²) in [4.78, 5) is 39.4. The van der Waals surface area contributed by atoms with E-state index in [9.17, 15) is 14.4 Å². The maximum atomic E-state index is 13.3. The number of anilines is 1. The van der Waals surface area contributed by atoms with Crippen LogP contribution >= 0.6 is 45.8 Å². The number of carbonyl (C=O) groups excluding carboxylic acids is 3. The fourth-order valence-electron chi connectivity index (χ4n) is 3.72. The quantitative estimate of drug-likeness (QED) is 0.178. The first-order chi connectivity index (χ1) is 17.7. The van der Waals surface area contributed by atoms with E-state index >= 15 is 0 Å². The third kappa shape index (κ3) is 5.92. The maximum absolute atomic E-state index is 13.3. The van der Waals surface area contributed by atoms with E-state index in [4.69, 9.17) is 32.7 Å². The number of amides is 4. The van der Waals surface area contributed by atoms with Crippen molar-refractivity contribution in [2.75, 3.05) is 11.5 Å². The van der Waals surface area contributed by atoms with Gasteiger partial charge < -0.3 is 9.47 Å². The number of imide groups is 2. The fourth-order valence-corrected chi connectivity index (χ4v) is 4.96. The molecule has 1 fully saturated rings. The molecule has 1 N–H and O–H groups in total. The largest absolute Gasteiger partial charge is 0.490 e. The molecule has 0 spiro atoms. The Labute approximate surface area is 237 Å². The summed E-state index contributed by atoms with van der Waals surface area (Å²) < 4.78 is 12.5. The highest BCUT2D eigenvalue weighted by Crippen LogP contribution is 2.36. The average Bonchev–Trinajstić information content (AvgIpc) is 2.83. The van der Waals surface area contributed by atoms with Crippen molar-refractivity contribution in [2.24, 2.45) is 0 Å². The van der Waals surface area contributed by atoms with Crippen molar-refractivity contribution >= 4 is 75.4 Å². The number of hydrogen-bond acceptors (Lipinski definition) is 5. The van der Waals surface area contributed by atoms with Crippen LogP contribution in [0.2, 0.25) is 10.0 Å². The van der Waals surface area contributed by atoms with Gasteiger partial charge in [0.1, 0.15) is 12.2 Å². The third-order valence-corrected chi connectivity index (χ3v) is 6.88. The number of nitrogens with one attached hydrogen (secondary N) is 1. The number of halogens is 3. The number of ether oxygens (including phenoxy) is 2. The molecule has 0 radical (unpaired) electrons. The number of barbiturate groups is 1. The fraction of sp³-hybridized carbons (Fsp3) is 0.148. The molecule has 0 bridgehead atoms. The number of carbonyl (C=O) groups is 3. The van der Waals surface area contributed by atoms with Crippen LogP contribution in [0.4, 0.5) is 10.5 Å². The Hall–Kier alpha value is -3.08. The summed E-state index contributed by atoms with van der Waals surface area (Å²) in [6.45, 7) is 4.16. The van der Waals surface area contributed by atoms with E-state index in [1.54, 1.807) is 61.5 Å². The Balaban J connectivity index is 1.67. The summed E-state index contributed by atoms with van der Waals surface area (Å²) in [6, 6.07) is 14.7. The van der Waals surface area contributed by atoms with Gasteiger partial charge in [-0.3, -0.25) is 14.9 Å². The van der Waals surface area contributed by atoms with Crippen LogP contribution < -0.4 is 19.7 Å². The minimum absolute atomic E-state index is 0.178. The van der Waals surface area contributed by atoms with Gasteiger partial charge in [-0.15, -0.1) is 0 Å². The minimum Gasteiger partial charge on any atom is -0.490 e. The molecule has 10 heteroatoms. The van der Waals surface area contributed by atoms with Crippen molar-refractivity contribution < 1.29 is 23.9 Å². The zero-order valence-corrected chi connectivity index (χ0v) is 23.5. The number of aryl methyl sites for hydroxylation is 1. The van der Waals surface area contributed by atoms with Crippen molar-refractivity contribution in [1.29, 1.82) is 0 Å². The first-order valence-corrected chi connectivity index (χ1v) is 13.0. The Kier molecular flexibility index (Phi) is 8.41. The molecule has 4 amide bonds. The van der Waals surface area contributed by atoms with Gasteiger partial charge in [-0.25, -0.2) is 9.69 Å². The second-order valence-electron chi connectivity index (χ2n) is 8.03. The van der Waals surface area contributed by atoms with Crippen LogP contribution in [0.15, 0.2) is 60.2 Å². The van der Waals surface area contributed by atoms with Crippen LogP contribution in [-0.2, 0) is 16.2 Å². The monoisotopic (exact) mass is 650 g/mol. The Morgan fingerprint density at radius 1 is 1.03 bits per heavy atom. The van der Waals surface area contributed by atoms with E-state index in [0.29, 0.717) is 43.0 Å². The molecule has 190 valence electrons. The van der Waals surface area contributed by atoms with Crippen LogP contribution in [0, 0.1) is 10.5 Å². The van der Waals surface area contributed by atoms with Crippen LogP contribution in [0.1, 0.15) is 23.6 Å². The van der Waals surface area contributed by atoms with Gasteiger partial charge in [0.2, 0.25) is 0 Å². The van der Waals surface area contributed by atoms with Crippen molar-refractivity contribution in [2.45, 2.75) is 20.5 Å². The molecular weight excluding hydrogens is 630 g/mol. The lowest BCUT2D eigenvalue weighted by molar-refractivity contribution is -0.122. The molecule has 0 aliphatic carbocycles. The van der Waals surface area contributed by atoms with Crippen LogP contribution in [0.3, 0.4) is 0 Å². The highest BCUT2D eigenvalue weighted by Gasteiger charge is 2.37. The predicted octanol–water partition coefficient (Wildman–Crippen LogP) is 6.55. The van der Waals surface area contributed by atoms with Gasteiger partial charge in [0.05, 0.1) is 15.9 Å². The SMILES string of the molecule is CCOc1cc(/C=C2\C(=O)NC(=O)N(c3ccccc3C)C2=O)cc(I)c1OCc1ccc(Cl)cc1Cl. The second kappa shape index (κ2) is 11.5. The number of hydrogen-bond donors (Lipinski definition) is 1. The molecule has 0 saturated carbocycles. The summed E-state index contributed by atoms with van der Waals surface area (Å²) in [5, 5.41) is 3.26. The van der Waals surface area contributed by atoms with Crippen LogP contribution in [0.25, 0.3) is 6.08 Å². The van der Waals surface area contributed by atoms with Crippen molar-refractivity contribution in [3.63, 3.8) is 0 Å². The summed E-state index contributed by atoms with van der Waals surface area (Å²) in [5.74, 6) is -0.562. The first-order valence-electron chi connectivity index (χ1n) is 11.2. The van der Waals surface area contributed by atoms with Gasteiger partial charge in [0.25, 0.3) is 11.8 Å². The van der Waals surface area contributed by atoms with E-state index in [2.05, 4.69) is 27.9 Å². The van der Waals surface area contributed by atoms with Gasteiger partial charge in [0.15, 0.2) is 11.5 Å². The molecule has 1 saturated heterocycles. The molecule has 7 nitrogen and oxygen atoms in total. The first kappa shape index (κ1) is 27.0. The highest BCUT2D eigenvalue weighted by molar-refractivity contribution is 14.1. The molecular formula is C27H21Cl2IN2O5. The van der Waals surface area contributed by atoms with Crippen LogP contribution in [0.5, 0.6) is 11.5 Å². The normalized spacial score (nSPS) is 14.7. The van der Waals surface area contributed by atoms with E-state index < -0.39 is 17.8 Å². The van der Waals surface area contributed by atoms with Gasteiger partial charge in [-0.05, 0) is 84.0 Å². The smallest absolute Gasteiger partial charge is 0.335 e. The Morgan fingerprint density at radius 3 is 2.49 bits per heavy atom. The lowest BCUT2D eigenvalue weighted by Gasteiger charge is -2.27. The zero-order valence-electron chi connectivity index (χ0n) is 19.8. The number of benzene rings is 3. The van der Waals surface area contributed by atoms with Crippen LogP contribution in [-0.4, -0.2) is 24.5 Å². The number of urea groups is 1. The third-order valence-electron chi connectivity index (χ3n) is 5.49. The van der Waals surface area contributed by atoms with Gasteiger partial charge in [-0.2, -0.15) is 0 Å². The molecule has 3 aromatic carbocycles. The molecule has 3 aromatic rings. The second-order valence-corrected chi connectivity index (χ2v) is 10.0. The highest BCUT2D eigenvalue weighted by atomic mass is 127. The summed E-state index contributed by atoms with van der Waals surface area (Å²) in [5.41, 5.74) is 2.22. The number of para-hydroxylation sites is 1. The van der Waals surface area contributed by atoms with E-state index in [0.717, 1.165) is 16.0 Å².